The van der Waals surface area contributed by atoms with Crippen LogP contribution in [0.15, 0.2) is 18.5 Å². The number of fused-ring (bicyclic) bond motifs is 3. The van der Waals surface area contributed by atoms with Gasteiger partial charge in [0.1, 0.15) is 23.1 Å². The van der Waals surface area contributed by atoms with E-state index in [1.165, 1.54) is 45.5 Å². The van der Waals surface area contributed by atoms with Crippen molar-refractivity contribution in [1.82, 2.24) is 14.9 Å². The normalized spacial score (nSPS) is 24.1. The smallest absolute Gasteiger partial charge is 0.184 e. The van der Waals surface area contributed by atoms with E-state index in [2.05, 4.69) is 60.2 Å². The van der Waals surface area contributed by atoms with E-state index < -0.39 is 0 Å². The number of nitrogens with one attached hydrogen (secondary N) is 1. The topological polar surface area (TPSA) is 66.0 Å². The molecule has 0 saturated carbocycles. The van der Waals surface area contributed by atoms with Crippen LogP contribution < -0.4 is 10.2 Å². The van der Waals surface area contributed by atoms with Crippen molar-refractivity contribution in [3.63, 3.8) is 0 Å². The molecule has 1 aromatic carbocycles. The predicted molar refractivity (Wildman–Crippen MR) is 151 cm³/mol. The van der Waals surface area contributed by atoms with Gasteiger partial charge in [-0.15, -0.1) is 11.3 Å². The molecule has 0 amide bonds. The molecule has 0 spiro atoms. The molecular weight excluding hydrogens is 482 g/mol. The fourth-order valence-electron chi connectivity index (χ4n) is 6.17. The highest BCUT2D eigenvalue weighted by Crippen LogP contribution is 2.45. The summed E-state index contributed by atoms with van der Waals surface area (Å²) >= 11 is 1.83. The molecule has 4 heterocycles. The summed E-state index contributed by atoms with van der Waals surface area (Å²) in [5, 5.41) is 4.98. The zero-order valence-electron chi connectivity index (χ0n) is 22.7. The first-order valence-corrected chi connectivity index (χ1v) is 14.6. The van der Waals surface area contributed by atoms with Crippen molar-refractivity contribution in [1.29, 1.82) is 0 Å². The van der Waals surface area contributed by atoms with Gasteiger partial charge in [-0.05, 0) is 102 Å². The maximum atomic E-state index is 5.83. The Morgan fingerprint density at radius 3 is 2.68 bits per heavy atom. The third-order valence-corrected chi connectivity index (χ3v) is 9.72. The lowest BCUT2D eigenvalue weighted by Crippen LogP contribution is -2.42. The van der Waals surface area contributed by atoms with Gasteiger partial charge in [-0.25, -0.2) is 9.97 Å². The second-order valence-electron chi connectivity index (χ2n) is 11.1. The van der Waals surface area contributed by atoms with Crippen LogP contribution in [0.5, 0.6) is 0 Å². The maximum absolute atomic E-state index is 5.83. The summed E-state index contributed by atoms with van der Waals surface area (Å²) in [6, 6.07) is 5.31. The van der Waals surface area contributed by atoms with Crippen LogP contribution in [-0.4, -0.2) is 67.1 Å². The van der Waals surface area contributed by atoms with Gasteiger partial charge in [-0.1, -0.05) is 0 Å². The number of ether oxygens (including phenoxy) is 2. The summed E-state index contributed by atoms with van der Waals surface area (Å²) in [5.41, 5.74) is 6.47. The average molecular weight is 522 g/mol. The lowest BCUT2D eigenvalue weighted by molar-refractivity contribution is 0.0592. The minimum atomic E-state index is -0.00561. The fraction of sp³-hybridized carbons (Fsp3) is 0.586. The molecule has 1 aliphatic carbocycles. The van der Waals surface area contributed by atoms with E-state index in [1.807, 2.05) is 18.3 Å². The highest BCUT2D eigenvalue weighted by molar-refractivity contribution is 7.19. The fourth-order valence-corrected chi connectivity index (χ4v) is 7.45. The van der Waals surface area contributed by atoms with E-state index in [0.29, 0.717) is 18.6 Å². The van der Waals surface area contributed by atoms with Crippen molar-refractivity contribution in [2.75, 3.05) is 44.0 Å². The van der Waals surface area contributed by atoms with Gasteiger partial charge in [0, 0.05) is 30.6 Å². The van der Waals surface area contributed by atoms with E-state index in [9.17, 15) is 0 Å². The highest BCUT2D eigenvalue weighted by Gasteiger charge is 2.47. The predicted octanol–water partition coefficient (Wildman–Crippen LogP) is 5.45. The third-order valence-electron chi connectivity index (χ3n) is 8.56. The number of benzene rings is 1. The number of anilines is 3. The van der Waals surface area contributed by atoms with E-state index in [4.69, 9.17) is 14.5 Å². The summed E-state index contributed by atoms with van der Waals surface area (Å²) in [6.45, 7) is 9.29. The number of aromatic nitrogens is 2. The summed E-state index contributed by atoms with van der Waals surface area (Å²) < 4.78 is 11.5. The van der Waals surface area contributed by atoms with E-state index >= 15 is 0 Å². The Hall–Kier alpha value is -2.26. The molecule has 8 heteroatoms. The molecule has 2 saturated heterocycles. The van der Waals surface area contributed by atoms with Gasteiger partial charge in [0.25, 0.3) is 0 Å². The summed E-state index contributed by atoms with van der Waals surface area (Å²) in [6.07, 6.45) is 7.53. The number of epoxide rings is 1. The molecule has 1 N–H and O–H groups in total. The van der Waals surface area contributed by atoms with Gasteiger partial charge in [0.15, 0.2) is 6.29 Å². The standard InChI is InChI=1S/C29H39N5O2S/c1-6-35-29-26(36-29)19-7-8-21-24(15-19)37-28-25(21)27(30-16-31-28)32-22-13-17(2)18(3)14-23(22)34-11-9-20(10-12-34)33(4)5/h13-14,16,19-20,26,29H,6-12,15H2,1-5H3,(H,30,31,32). The molecule has 2 aliphatic heterocycles. The zero-order valence-corrected chi connectivity index (χ0v) is 23.5. The zero-order chi connectivity index (χ0) is 25.7. The van der Waals surface area contributed by atoms with Crippen LogP contribution in [0.2, 0.25) is 0 Å². The van der Waals surface area contributed by atoms with Gasteiger partial charge in [-0.3, -0.25) is 0 Å². The number of nitrogens with zero attached hydrogens (tertiary/aromatic N) is 4. The van der Waals surface area contributed by atoms with Crippen LogP contribution in [0.4, 0.5) is 17.2 Å². The second kappa shape index (κ2) is 10.1. The molecule has 198 valence electrons. The number of aryl methyl sites for hydroxylation is 3. The van der Waals surface area contributed by atoms with E-state index in [1.54, 1.807) is 6.33 Å². The Kier molecular flexibility index (Phi) is 6.86. The molecule has 0 radical (unpaired) electrons. The summed E-state index contributed by atoms with van der Waals surface area (Å²) in [5.74, 6) is 1.46. The van der Waals surface area contributed by atoms with Crippen LogP contribution >= 0.6 is 11.3 Å². The van der Waals surface area contributed by atoms with Gasteiger partial charge in [-0.2, -0.15) is 0 Å². The van der Waals surface area contributed by atoms with Crippen molar-refractivity contribution in [2.24, 2.45) is 5.92 Å². The Morgan fingerprint density at radius 2 is 1.92 bits per heavy atom. The number of hydrogen-bond donors (Lipinski definition) is 1. The van der Waals surface area contributed by atoms with Crippen LogP contribution in [0.3, 0.4) is 0 Å². The summed E-state index contributed by atoms with van der Waals surface area (Å²) in [4.78, 5) is 16.9. The lowest BCUT2D eigenvalue weighted by atomic mass is 9.85. The van der Waals surface area contributed by atoms with Crippen LogP contribution in [0.25, 0.3) is 10.2 Å². The minimum absolute atomic E-state index is 0.00561. The van der Waals surface area contributed by atoms with Crippen molar-refractivity contribution in [3.8, 4) is 0 Å². The summed E-state index contributed by atoms with van der Waals surface area (Å²) in [7, 11) is 4.39. The Labute approximate surface area is 224 Å². The first-order valence-electron chi connectivity index (χ1n) is 13.7. The molecule has 3 unspecified atom stereocenters. The first kappa shape index (κ1) is 25.0. The molecule has 2 aromatic heterocycles. The minimum Gasteiger partial charge on any atom is -0.370 e. The van der Waals surface area contributed by atoms with Crippen molar-refractivity contribution in [2.45, 2.75) is 71.3 Å². The van der Waals surface area contributed by atoms with E-state index in [0.717, 1.165) is 48.7 Å². The molecule has 7 nitrogen and oxygen atoms in total. The molecule has 3 atom stereocenters. The van der Waals surface area contributed by atoms with Crippen LogP contribution in [-0.2, 0) is 22.3 Å². The average Bonchev–Trinajstić information content (AvgIpc) is 3.56. The van der Waals surface area contributed by atoms with Gasteiger partial charge in [0.2, 0.25) is 0 Å². The maximum Gasteiger partial charge on any atom is 0.184 e. The number of rotatable bonds is 7. The van der Waals surface area contributed by atoms with Gasteiger partial charge < -0.3 is 24.6 Å². The Morgan fingerprint density at radius 1 is 1.14 bits per heavy atom. The molecular formula is C29H39N5O2S. The van der Waals surface area contributed by atoms with Gasteiger partial charge in [0.05, 0.1) is 16.8 Å². The number of piperidine rings is 1. The highest BCUT2D eigenvalue weighted by atomic mass is 32.1. The van der Waals surface area contributed by atoms with E-state index in [-0.39, 0.29) is 12.4 Å². The van der Waals surface area contributed by atoms with Crippen LogP contribution in [0, 0.1) is 19.8 Å². The first-order chi connectivity index (χ1) is 17.9. The monoisotopic (exact) mass is 521 g/mol. The Balaban J connectivity index is 1.29. The molecule has 2 fully saturated rings. The SMILES string of the molecule is CCOC1OC1C1CCc2c(sc3ncnc(Nc4cc(C)c(C)cc4N4CCC(N(C)C)CC4)c23)C1. The lowest BCUT2D eigenvalue weighted by Gasteiger charge is -2.37. The molecule has 3 aliphatic rings. The largest absolute Gasteiger partial charge is 0.370 e. The molecule has 0 bridgehead atoms. The number of thiophene rings is 1. The van der Waals surface area contributed by atoms with Crippen LogP contribution in [0.1, 0.15) is 47.8 Å². The molecule has 3 aromatic rings. The quantitative estimate of drug-likeness (QED) is 0.415. The van der Waals surface area contributed by atoms with Crippen molar-refractivity contribution in [3.05, 3.63) is 40.0 Å². The number of hydrogen-bond acceptors (Lipinski definition) is 8. The van der Waals surface area contributed by atoms with Crippen molar-refractivity contribution >= 4 is 38.7 Å². The second-order valence-corrected chi connectivity index (χ2v) is 12.2. The Bertz CT molecular complexity index is 1280. The van der Waals surface area contributed by atoms with Gasteiger partial charge >= 0.3 is 0 Å². The molecule has 37 heavy (non-hydrogen) atoms. The third kappa shape index (κ3) is 4.85. The van der Waals surface area contributed by atoms with Crippen molar-refractivity contribution < 1.29 is 9.47 Å². The molecule has 6 rings (SSSR count).